The fourth-order valence-corrected chi connectivity index (χ4v) is 13.8. The van der Waals surface area contributed by atoms with E-state index >= 15 is 0 Å². The Morgan fingerprint density at radius 1 is 0.329 bits per heavy atom. The molecule has 0 spiro atoms. The lowest BCUT2D eigenvalue weighted by Gasteiger charge is -2.34. The lowest BCUT2D eigenvalue weighted by molar-refractivity contribution is 0.669. The first kappa shape index (κ1) is 39.4. The van der Waals surface area contributed by atoms with Gasteiger partial charge < -0.3 is 4.42 Å². The fraction of sp³-hybridized carbons (Fsp3) is 0.0156. The van der Waals surface area contributed by atoms with Gasteiger partial charge in [-0.15, -0.1) is 22.7 Å². The van der Waals surface area contributed by atoms with Crippen LogP contribution in [0.4, 0.5) is 0 Å². The third-order valence-electron chi connectivity index (χ3n) is 14.4. The lowest BCUT2D eigenvalue weighted by atomic mass is 9.67. The minimum atomic E-state index is -0.501. The Morgan fingerprint density at radius 2 is 0.886 bits per heavy atom. The normalized spacial score (nSPS) is 13.0. The first-order valence-corrected chi connectivity index (χ1v) is 25.2. The van der Waals surface area contributed by atoms with Gasteiger partial charge >= 0.3 is 0 Å². The van der Waals surface area contributed by atoms with Crippen molar-refractivity contribution in [2.75, 3.05) is 0 Å². The molecule has 15 rings (SSSR count). The number of furan rings is 1. The Balaban J connectivity index is 0.958. The Bertz CT molecular complexity index is 4390. The van der Waals surface area contributed by atoms with Gasteiger partial charge in [0.15, 0.2) is 17.5 Å². The summed E-state index contributed by atoms with van der Waals surface area (Å²) in [4.78, 5) is 16.2. The minimum absolute atomic E-state index is 0.501. The van der Waals surface area contributed by atoms with Gasteiger partial charge in [0.1, 0.15) is 11.2 Å². The summed E-state index contributed by atoms with van der Waals surface area (Å²) in [5.74, 6) is 1.85. The Kier molecular flexibility index (Phi) is 8.58. The zero-order chi connectivity index (χ0) is 45.9. The van der Waals surface area contributed by atoms with Gasteiger partial charge in [-0.1, -0.05) is 182 Å². The molecular weight excluding hydrogens is 891 g/mol. The van der Waals surface area contributed by atoms with Crippen LogP contribution in [0, 0.1) is 0 Å². The average Bonchev–Trinajstić information content (AvgIpc) is 4.19. The smallest absolute Gasteiger partial charge is 0.164 e. The van der Waals surface area contributed by atoms with Crippen molar-refractivity contribution in [3.8, 4) is 56.4 Å². The molecule has 0 N–H and O–H groups in total. The van der Waals surface area contributed by atoms with Crippen LogP contribution in [0.15, 0.2) is 229 Å². The van der Waals surface area contributed by atoms with Crippen LogP contribution in [0.5, 0.6) is 0 Å². The highest BCUT2D eigenvalue weighted by atomic mass is 32.1. The summed E-state index contributed by atoms with van der Waals surface area (Å²) in [7, 11) is 0. The van der Waals surface area contributed by atoms with E-state index < -0.39 is 5.41 Å². The number of nitrogens with zero attached hydrogens (tertiary/aromatic N) is 3. The first-order valence-electron chi connectivity index (χ1n) is 23.6. The van der Waals surface area contributed by atoms with Crippen molar-refractivity contribution >= 4 is 85.0 Å². The molecule has 0 aliphatic heterocycles. The molecule has 0 fully saturated rings. The maximum Gasteiger partial charge on any atom is 0.164 e. The van der Waals surface area contributed by atoms with Gasteiger partial charge in [-0.3, -0.25) is 0 Å². The standard InChI is InChI=1S/C64H37N3OS2/c1-3-16-40(17-4-1)64(41-18-5-2-6-19-41)50-26-10-7-21-45(50)58-42(23-13-27-51(58)64)38-33-35-52-49(36-38)59-47(24-14-28-53(59)68-52)62-65-61(39-32-34-44-43-20-8-11-29-54(43)70-57(44)37-39)66-63(67-62)48-25-15-31-56-60(48)46-22-9-12-30-55(46)69-56/h1-37H. The molecule has 4 aromatic heterocycles. The van der Waals surface area contributed by atoms with Crippen LogP contribution in [0.3, 0.4) is 0 Å². The fourth-order valence-electron chi connectivity index (χ4n) is 11.5. The van der Waals surface area contributed by atoms with Crippen LogP contribution in [-0.2, 0) is 5.41 Å². The van der Waals surface area contributed by atoms with Crippen LogP contribution < -0.4 is 0 Å². The van der Waals surface area contributed by atoms with E-state index in [2.05, 4.69) is 218 Å². The highest BCUT2D eigenvalue weighted by Crippen LogP contribution is 2.58. The van der Waals surface area contributed by atoms with Crippen LogP contribution >= 0.6 is 22.7 Å². The van der Waals surface area contributed by atoms with Crippen molar-refractivity contribution < 1.29 is 4.42 Å². The molecule has 6 heteroatoms. The summed E-state index contributed by atoms with van der Waals surface area (Å²) in [5, 5.41) is 6.82. The van der Waals surface area contributed by atoms with Gasteiger partial charge in [-0.05, 0) is 87.0 Å². The van der Waals surface area contributed by atoms with Crippen LogP contribution in [0.1, 0.15) is 22.3 Å². The van der Waals surface area contributed by atoms with Gasteiger partial charge in [0.05, 0.1) is 5.41 Å². The molecule has 4 nitrogen and oxygen atoms in total. The number of thiophene rings is 2. The van der Waals surface area contributed by atoms with Gasteiger partial charge in [-0.25, -0.2) is 15.0 Å². The van der Waals surface area contributed by atoms with E-state index in [0.29, 0.717) is 17.5 Å². The maximum absolute atomic E-state index is 6.74. The van der Waals surface area contributed by atoms with Crippen molar-refractivity contribution in [2.24, 2.45) is 0 Å². The summed E-state index contributed by atoms with van der Waals surface area (Å²) >= 11 is 3.60. The topological polar surface area (TPSA) is 51.8 Å². The van der Waals surface area contributed by atoms with E-state index in [9.17, 15) is 0 Å². The molecule has 10 aromatic carbocycles. The number of benzene rings is 10. The molecule has 1 aliphatic carbocycles. The molecule has 14 aromatic rings. The molecule has 1 aliphatic rings. The third kappa shape index (κ3) is 5.72. The summed E-state index contributed by atoms with van der Waals surface area (Å²) in [6.45, 7) is 0. The van der Waals surface area contributed by atoms with Crippen molar-refractivity contribution in [1.82, 2.24) is 15.0 Å². The van der Waals surface area contributed by atoms with E-state index in [1.165, 1.54) is 73.9 Å². The second-order valence-electron chi connectivity index (χ2n) is 18.1. The van der Waals surface area contributed by atoms with Crippen molar-refractivity contribution in [2.45, 2.75) is 5.41 Å². The molecule has 0 radical (unpaired) electrons. The van der Waals surface area contributed by atoms with Gasteiger partial charge in [0.2, 0.25) is 0 Å². The van der Waals surface area contributed by atoms with Crippen LogP contribution in [0.25, 0.3) is 119 Å². The zero-order valence-corrected chi connectivity index (χ0v) is 39.1. The number of hydrogen-bond donors (Lipinski definition) is 0. The van der Waals surface area contributed by atoms with Crippen molar-refractivity contribution in [3.05, 3.63) is 247 Å². The lowest BCUT2D eigenvalue weighted by Crippen LogP contribution is -2.28. The summed E-state index contributed by atoms with van der Waals surface area (Å²) in [5.41, 5.74) is 13.7. The van der Waals surface area contributed by atoms with E-state index in [1.54, 1.807) is 22.7 Å². The van der Waals surface area contributed by atoms with E-state index in [0.717, 1.165) is 49.6 Å². The largest absolute Gasteiger partial charge is 0.456 e. The molecule has 0 unspecified atom stereocenters. The number of hydrogen-bond acceptors (Lipinski definition) is 6. The Morgan fingerprint density at radius 3 is 1.69 bits per heavy atom. The van der Waals surface area contributed by atoms with Crippen LogP contribution in [0.2, 0.25) is 0 Å². The molecule has 0 saturated heterocycles. The summed E-state index contributed by atoms with van der Waals surface area (Å²) < 4.78 is 11.6. The summed E-state index contributed by atoms with van der Waals surface area (Å²) in [6.07, 6.45) is 0. The number of rotatable bonds is 6. The SMILES string of the molecule is c1ccc(C2(c3ccccc3)c3ccccc3-c3c(-c4ccc5oc6cccc(-c7nc(-c8ccc9c(c8)sc8ccccc89)nc(-c8cccc9sc%10ccccc%10c89)n7)c6c5c4)cccc32)cc1. The maximum atomic E-state index is 6.74. The highest BCUT2D eigenvalue weighted by molar-refractivity contribution is 7.26. The molecule has 0 bridgehead atoms. The Labute approximate surface area is 410 Å². The molecule has 0 amide bonds. The predicted octanol–water partition coefficient (Wildman–Crippen LogP) is 17.5. The van der Waals surface area contributed by atoms with Crippen molar-refractivity contribution in [1.29, 1.82) is 0 Å². The van der Waals surface area contributed by atoms with E-state index in [1.807, 2.05) is 6.07 Å². The number of fused-ring (bicyclic) bond motifs is 12. The van der Waals surface area contributed by atoms with Gasteiger partial charge in [0.25, 0.3) is 0 Å². The average molecular weight is 928 g/mol. The first-order chi connectivity index (χ1) is 34.7. The molecule has 326 valence electrons. The van der Waals surface area contributed by atoms with Crippen LogP contribution in [-0.4, -0.2) is 15.0 Å². The second kappa shape index (κ2) is 15.2. The van der Waals surface area contributed by atoms with E-state index in [4.69, 9.17) is 19.4 Å². The molecule has 0 atom stereocenters. The van der Waals surface area contributed by atoms with Gasteiger partial charge in [0, 0.05) is 67.8 Å². The molecular formula is C64H37N3OS2. The molecule has 70 heavy (non-hydrogen) atoms. The minimum Gasteiger partial charge on any atom is -0.456 e. The van der Waals surface area contributed by atoms with E-state index in [-0.39, 0.29) is 0 Å². The van der Waals surface area contributed by atoms with Gasteiger partial charge in [-0.2, -0.15) is 0 Å². The zero-order valence-electron chi connectivity index (χ0n) is 37.4. The molecule has 4 heterocycles. The van der Waals surface area contributed by atoms with Crippen molar-refractivity contribution in [3.63, 3.8) is 0 Å². The second-order valence-corrected chi connectivity index (χ2v) is 20.3. The third-order valence-corrected chi connectivity index (χ3v) is 16.7. The Hall–Kier alpha value is -8.55. The summed E-state index contributed by atoms with van der Waals surface area (Å²) in [6, 6.07) is 81.0. The number of aromatic nitrogens is 3. The molecule has 0 saturated carbocycles. The monoisotopic (exact) mass is 927 g/mol. The predicted molar refractivity (Wildman–Crippen MR) is 292 cm³/mol. The quantitative estimate of drug-likeness (QED) is 0.167. The highest BCUT2D eigenvalue weighted by Gasteiger charge is 2.46.